The third kappa shape index (κ3) is 2.79. The van der Waals surface area contributed by atoms with E-state index in [-0.39, 0.29) is 11.9 Å². The SMILES string of the molecule is COC(=O)C1CCC(Nc2ccc3c(n2)CCC3)CC1. The van der Waals surface area contributed by atoms with Gasteiger partial charge in [-0.05, 0) is 56.6 Å². The van der Waals surface area contributed by atoms with Gasteiger partial charge in [-0.3, -0.25) is 4.79 Å². The number of fused-ring (bicyclic) bond motifs is 1. The van der Waals surface area contributed by atoms with Gasteiger partial charge in [0, 0.05) is 11.7 Å². The van der Waals surface area contributed by atoms with Gasteiger partial charge in [-0.25, -0.2) is 4.98 Å². The highest BCUT2D eigenvalue weighted by Gasteiger charge is 2.27. The van der Waals surface area contributed by atoms with Gasteiger partial charge in [0.15, 0.2) is 0 Å². The molecule has 0 unspecified atom stereocenters. The van der Waals surface area contributed by atoms with Crippen molar-refractivity contribution >= 4 is 11.8 Å². The summed E-state index contributed by atoms with van der Waals surface area (Å²) in [7, 11) is 1.47. The molecule has 3 rings (SSSR count). The summed E-state index contributed by atoms with van der Waals surface area (Å²) >= 11 is 0. The van der Waals surface area contributed by atoms with E-state index in [2.05, 4.69) is 17.4 Å². The molecule has 1 heterocycles. The van der Waals surface area contributed by atoms with Crippen LogP contribution in [0.25, 0.3) is 0 Å². The number of nitrogens with one attached hydrogen (secondary N) is 1. The lowest BCUT2D eigenvalue weighted by molar-refractivity contribution is -0.146. The number of hydrogen-bond acceptors (Lipinski definition) is 4. The Morgan fingerprint density at radius 1 is 1.25 bits per heavy atom. The Balaban J connectivity index is 1.56. The lowest BCUT2D eigenvalue weighted by atomic mass is 9.86. The zero-order valence-corrected chi connectivity index (χ0v) is 12.0. The highest BCUT2D eigenvalue weighted by molar-refractivity contribution is 5.72. The third-order valence-electron chi connectivity index (χ3n) is 4.54. The van der Waals surface area contributed by atoms with E-state index in [4.69, 9.17) is 9.72 Å². The Labute approximate surface area is 119 Å². The summed E-state index contributed by atoms with van der Waals surface area (Å²) < 4.78 is 4.82. The molecule has 0 spiro atoms. The molecule has 0 bridgehead atoms. The summed E-state index contributed by atoms with van der Waals surface area (Å²) in [4.78, 5) is 16.2. The van der Waals surface area contributed by atoms with E-state index in [9.17, 15) is 4.79 Å². The molecule has 20 heavy (non-hydrogen) atoms. The Kier molecular flexibility index (Phi) is 3.90. The van der Waals surface area contributed by atoms with Crippen molar-refractivity contribution in [1.82, 2.24) is 4.98 Å². The minimum atomic E-state index is -0.0564. The number of ether oxygens (including phenoxy) is 1. The normalized spacial score (nSPS) is 25.1. The van der Waals surface area contributed by atoms with Crippen LogP contribution in [-0.4, -0.2) is 24.1 Å². The molecule has 1 saturated carbocycles. The summed E-state index contributed by atoms with van der Waals surface area (Å²) in [5.41, 5.74) is 2.67. The van der Waals surface area contributed by atoms with Gasteiger partial charge < -0.3 is 10.1 Å². The second-order valence-electron chi connectivity index (χ2n) is 5.87. The number of rotatable bonds is 3. The van der Waals surface area contributed by atoms with Crippen LogP contribution in [0.2, 0.25) is 0 Å². The van der Waals surface area contributed by atoms with Gasteiger partial charge >= 0.3 is 5.97 Å². The van der Waals surface area contributed by atoms with E-state index in [1.165, 1.54) is 31.2 Å². The Morgan fingerprint density at radius 2 is 2.05 bits per heavy atom. The highest BCUT2D eigenvalue weighted by Crippen LogP contribution is 2.28. The van der Waals surface area contributed by atoms with Crippen molar-refractivity contribution in [2.24, 2.45) is 5.92 Å². The quantitative estimate of drug-likeness (QED) is 0.861. The zero-order valence-electron chi connectivity index (χ0n) is 12.0. The van der Waals surface area contributed by atoms with E-state index in [1.54, 1.807) is 0 Å². The highest BCUT2D eigenvalue weighted by atomic mass is 16.5. The van der Waals surface area contributed by atoms with Crippen LogP contribution in [0, 0.1) is 5.92 Å². The number of aryl methyl sites for hydroxylation is 2. The maximum absolute atomic E-state index is 11.5. The Bertz CT molecular complexity index is 493. The molecule has 0 saturated heterocycles. The summed E-state index contributed by atoms with van der Waals surface area (Å²) in [5, 5.41) is 3.52. The fourth-order valence-electron chi connectivity index (χ4n) is 3.35. The van der Waals surface area contributed by atoms with Crippen LogP contribution in [0.4, 0.5) is 5.82 Å². The zero-order chi connectivity index (χ0) is 13.9. The number of esters is 1. The topological polar surface area (TPSA) is 51.2 Å². The standard InChI is InChI=1S/C16H22N2O2/c1-20-16(19)12-5-8-13(9-6-12)17-15-10-7-11-3-2-4-14(11)18-15/h7,10,12-13H,2-6,8-9H2,1H3,(H,17,18). The van der Waals surface area contributed by atoms with Crippen LogP contribution in [0.3, 0.4) is 0 Å². The molecule has 0 aromatic carbocycles. The fraction of sp³-hybridized carbons (Fsp3) is 0.625. The van der Waals surface area contributed by atoms with E-state index in [0.717, 1.165) is 37.9 Å². The molecule has 2 aliphatic rings. The van der Waals surface area contributed by atoms with Crippen LogP contribution in [0.15, 0.2) is 12.1 Å². The average molecular weight is 274 g/mol. The molecular weight excluding hydrogens is 252 g/mol. The number of anilines is 1. The smallest absolute Gasteiger partial charge is 0.308 e. The lowest BCUT2D eigenvalue weighted by Gasteiger charge is -2.28. The first kappa shape index (κ1) is 13.4. The van der Waals surface area contributed by atoms with Crippen molar-refractivity contribution in [1.29, 1.82) is 0 Å². The van der Waals surface area contributed by atoms with E-state index < -0.39 is 0 Å². The van der Waals surface area contributed by atoms with E-state index in [1.807, 2.05) is 0 Å². The van der Waals surface area contributed by atoms with Gasteiger partial charge in [0.1, 0.15) is 5.82 Å². The number of carbonyl (C=O) groups is 1. The second-order valence-corrected chi connectivity index (χ2v) is 5.87. The molecule has 2 aliphatic carbocycles. The minimum Gasteiger partial charge on any atom is -0.469 e. The molecule has 1 aromatic rings. The molecule has 4 heteroatoms. The molecule has 108 valence electrons. The molecular formula is C16H22N2O2. The van der Waals surface area contributed by atoms with Gasteiger partial charge in [0.2, 0.25) is 0 Å². The number of nitrogens with zero attached hydrogens (tertiary/aromatic N) is 1. The predicted octanol–water partition coefficient (Wildman–Crippen LogP) is 2.71. The van der Waals surface area contributed by atoms with Gasteiger partial charge in [0.05, 0.1) is 13.0 Å². The first-order chi connectivity index (χ1) is 9.76. The van der Waals surface area contributed by atoms with Crippen LogP contribution in [0.5, 0.6) is 0 Å². The van der Waals surface area contributed by atoms with Crippen molar-refractivity contribution in [3.05, 3.63) is 23.4 Å². The van der Waals surface area contributed by atoms with Crippen molar-refractivity contribution in [2.75, 3.05) is 12.4 Å². The maximum atomic E-state index is 11.5. The van der Waals surface area contributed by atoms with Crippen LogP contribution in [-0.2, 0) is 22.4 Å². The summed E-state index contributed by atoms with van der Waals surface area (Å²) in [6.45, 7) is 0. The van der Waals surface area contributed by atoms with Crippen molar-refractivity contribution in [3.63, 3.8) is 0 Å². The minimum absolute atomic E-state index is 0.0564. The number of methoxy groups -OCH3 is 1. The molecule has 1 aromatic heterocycles. The lowest BCUT2D eigenvalue weighted by Crippen LogP contribution is -2.30. The van der Waals surface area contributed by atoms with Gasteiger partial charge in [-0.1, -0.05) is 6.07 Å². The fourth-order valence-corrected chi connectivity index (χ4v) is 3.35. The van der Waals surface area contributed by atoms with E-state index >= 15 is 0 Å². The Hall–Kier alpha value is -1.58. The Morgan fingerprint density at radius 3 is 2.80 bits per heavy atom. The largest absolute Gasteiger partial charge is 0.469 e. The monoisotopic (exact) mass is 274 g/mol. The number of pyridine rings is 1. The molecule has 1 N–H and O–H groups in total. The van der Waals surface area contributed by atoms with Crippen molar-refractivity contribution in [2.45, 2.75) is 51.0 Å². The molecule has 4 nitrogen and oxygen atoms in total. The molecule has 1 fully saturated rings. The van der Waals surface area contributed by atoms with Crippen LogP contribution >= 0.6 is 0 Å². The van der Waals surface area contributed by atoms with Gasteiger partial charge in [0.25, 0.3) is 0 Å². The summed E-state index contributed by atoms with van der Waals surface area (Å²) in [6.07, 6.45) is 7.37. The number of hydrogen-bond donors (Lipinski definition) is 1. The van der Waals surface area contributed by atoms with Crippen molar-refractivity contribution < 1.29 is 9.53 Å². The first-order valence-electron chi connectivity index (χ1n) is 7.59. The number of carbonyl (C=O) groups excluding carboxylic acids is 1. The van der Waals surface area contributed by atoms with Gasteiger partial charge in [-0.15, -0.1) is 0 Å². The molecule has 0 atom stereocenters. The summed E-state index contributed by atoms with van der Waals surface area (Å²) in [5.74, 6) is 1.03. The van der Waals surface area contributed by atoms with Crippen molar-refractivity contribution in [3.8, 4) is 0 Å². The van der Waals surface area contributed by atoms with Gasteiger partial charge in [-0.2, -0.15) is 0 Å². The average Bonchev–Trinajstić information content (AvgIpc) is 2.95. The second kappa shape index (κ2) is 5.81. The third-order valence-corrected chi connectivity index (χ3v) is 4.54. The maximum Gasteiger partial charge on any atom is 0.308 e. The molecule has 0 amide bonds. The van der Waals surface area contributed by atoms with Crippen LogP contribution in [0.1, 0.15) is 43.4 Å². The number of aromatic nitrogens is 1. The molecule has 0 aliphatic heterocycles. The predicted molar refractivity (Wildman–Crippen MR) is 77.6 cm³/mol. The van der Waals surface area contributed by atoms with Crippen LogP contribution < -0.4 is 5.32 Å². The van der Waals surface area contributed by atoms with E-state index in [0.29, 0.717) is 6.04 Å². The first-order valence-corrected chi connectivity index (χ1v) is 7.59. The summed E-state index contributed by atoms with van der Waals surface area (Å²) in [6, 6.07) is 4.73. The molecule has 0 radical (unpaired) electrons.